The summed E-state index contributed by atoms with van der Waals surface area (Å²) in [6.45, 7) is 2.72. The molecule has 1 heterocycles. The smallest absolute Gasteiger partial charge is 0.251 e. The number of ether oxygens (including phenoxy) is 1. The molecule has 5 heteroatoms. The number of benzene rings is 1. The van der Waals surface area contributed by atoms with Gasteiger partial charge in [0.05, 0.1) is 11.6 Å². The number of halogens is 1. The van der Waals surface area contributed by atoms with Crippen LogP contribution < -0.4 is 15.4 Å². The van der Waals surface area contributed by atoms with Crippen LogP contribution in [0.5, 0.6) is 5.75 Å². The third-order valence-electron chi connectivity index (χ3n) is 2.83. The van der Waals surface area contributed by atoms with Crippen LogP contribution in [-0.2, 0) is 0 Å². The van der Waals surface area contributed by atoms with Crippen LogP contribution in [0, 0.1) is 5.92 Å². The van der Waals surface area contributed by atoms with Gasteiger partial charge in [0, 0.05) is 31.1 Å². The summed E-state index contributed by atoms with van der Waals surface area (Å²) in [6.07, 6.45) is 0. The maximum Gasteiger partial charge on any atom is 0.251 e. The van der Waals surface area contributed by atoms with Gasteiger partial charge in [0.2, 0.25) is 0 Å². The lowest BCUT2D eigenvalue weighted by Crippen LogP contribution is -2.48. The Morgan fingerprint density at radius 1 is 1.59 bits per heavy atom. The van der Waals surface area contributed by atoms with Gasteiger partial charge in [-0.15, -0.1) is 0 Å². The second-order valence-corrected chi connectivity index (χ2v) is 4.94. The molecule has 0 radical (unpaired) electrons. The number of amides is 1. The van der Waals surface area contributed by atoms with Gasteiger partial charge in [-0.2, -0.15) is 0 Å². The minimum atomic E-state index is -0.0414. The van der Waals surface area contributed by atoms with E-state index in [4.69, 9.17) is 4.74 Å². The summed E-state index contributed by atoms with van der Waals surface area (Å²) >= 11 is 3.37. The maximum absolute atomic E-state index is 11.8. The third-order valence-corrected chi connectivity index (χ3v) is 3.45. The predicted molar refractivity (Wildman–Crippen MR) is 69.4 cm³/mol. The van der Waals surface area contributed by atoms with Crippen LogP contribution in [0.4, 0.5) is 0 Å². The van der Waals surface area contributed by atoms with Crippen molar-refractivity contribution in [2.75, 3.05) is 26.7 Å². The minimum absolute atomic E-state index is 0.0414. The lowest BCUT2D eigenvalue weighted by Gasteiger charge is -2.27. The van der Waals surface area contributed by atoms with Crippen molar-refractivity contribution in [2.45, 2.75) is 0 Å². The molecule has 1 fully saturated rings. The summed E-state index contributed by atoms with van der Waals surface area (Å²) in [5.41, 5.74) is 0.643. The molecule has 0 spiro atoms. The number of hydrogen-bond acceptors (Lipinski definition) is 3. The number of carbonyl (C=O) groups is 1. The zero-order chi connectivity index (χ0) is 12.3. The zero-order valence-electron chi connectivity index (χ0n) is 9.63. The highest BCUT2D eigenvalue weighted by Crippen LogP contribution is 2.25. The molecule has 1 aromatic carbocycles. The van der Waals surface area contributed by atoms with E-state index < -0.39 is 0 Å². The topological polar surface area (TPSA) is 50.4 Å². The Morgan fingerprint density at radius 3 is 2.88 bits per heavy atom. The number of carbonyl (C=O) groups excluding carboxylic acids is 1. The fourth-order valence-electron chi connectivity index (χ4n) is 1.64. The van der Waals surface area contributed by atoms with Crippen LogP contribution in [0.2, 0.25) is 0 Å². The maximum atomic E-state index is 11.8. The molecule has 0 bridgehead atoms. The molecule has 0 aromatic heterocycles. The van der Waals surface area contributed by atoms with E-state index in [1.165, 1.54) is 0 Å². The van der Waals surface area contributed by atoms with E-state index in [1.807, 2.05) is 0 Å². The van der Waals surface area contributed by atoms with Gasteiger partial charge in [-0.1, -0.05) is 0 Å². The number of rotatable bonds is 4. The monoisotopic (exact) mass is 298 g/mol. The summed E-state index contributed by atoms with van der Waals surface area (Å²) in [7, 11) is 1.60. The van der Waals surface area contributed by atoms with E-state index in [0.29, 0.717) is 11.5 Å². The standard InChI is InChI=1S/C12H15BrN2O2/c1-17-11-3-2-9(4-10(11)13)12(16)15-7-8-5-14-6-8/h2-4,8,14H,5-7H2,1H3,(H,15,16). The molecule has 17 heavy (non-hydrogen) atoms. The average Bonchev–Trinajstić information content (AvgIpc) is 2.26. The van der Waals surface area contributed by atoms with Crippen LogP contribution >= 0.6 is 15.9 Å². The van der Waals surface area contributed by atoms with E-state index in [1.54, 1.807) is 25.3 Å². The molecule has 0 unspecified atom stereocenters. The summed E-state index contributed by atoms with van der Waals surface area (Å²) in [6, 6.07) is 5.31. The van der Waals surface area contributed by atoms with Gasteiger partial charge in [-0.25, -0.2) is 0 Å². The molecule has 1 aliphatic heterocycles. The Labute approximate surface area is 109 Å². The van der Waals surface area contributed by atoms with Crippen molar-refractivity contribution in [1.82, 2.24) is 10.6 Å². The second kappa shape index (κ2) is 5.51. The van der Waals surface area contributed by atoms with Gasteiger partial charge in [0.15, 0.2) is 0 Å². The van der Waals surface area contributed by atoms with Gasteiger partial charge in [0.1, 0.15) is 5.75 Å². The number of nitrogens with one attached hydrogen (secondary N) is 2. The van der Waals surface area contributed by atoms with Crippen LogP contribution in [0.25, 0.3) is 0 Å². The predicted octanol–water partition coefficient (Wildman–Crippen LogP) is 1.41. The highest BCUT2D eigenvalue weighted by atomic mass is 79.9. The summed E-state index contributed by atoms with van der Waals surface area (Å²) in [4.78, 5) is 11.8. The summed E-state index contributed by atoms with van der Waals surface area (Å²) in [5.74, 6) is 1.26. The van der Waals surface area contributed by atoms with Crippen molar-refractivity contribution < 1.29 is 9.53 Å². The molecule has 92 valence electrons. The molecule has 0 saturated carbocycles. The van der Waals surface area contributed by atoms with Gasteiger partial charge < -0.3 is 15.4 Å². The summed E-state index contributed by atoms with van der Waals surface area (Å²) < 4.78 is 5.91. The molecule has 4 nitrogen and oxygen atoms in total. The first-order valence-corrected chi connectivity index (χ1v) is 6.32. The lowest BCUT2D eigenvalue weighted by atomic mass is 10.0. The van der Waals surface area contributed by atoms with Crippen LogP contribution in [-0.4, -0.2) is 32.7 Å². The molecule has 1 amide bonds. The first kappa shape index (κ1) is 12.4. The minimum Gasteiger partial charge on any atom is -0.496 e. The summed E-state index contributed by atoms with van der Waals surface area (Å²) in [5, 5.41) is 6.10. The highest BCUT2D eigenvalue weighted by Gasteiger charge is 2.17. The van der Waals surface area contributed by atoms with Crippen molar-refractivity contribution in [3.05, 3.63) is 28.2 Å². The molecule has 2 rings (SSSR count). The molecule has 1 aromatic rings. The van der Waals surface area contributed by atoms with E-state index in [-0.39, 0.29) is 5.91 Å². The SMILES string of the molecule is COc1ccc(C(=O)NCC2CNC2)cc1Br. The van der Waals surface area contributed by atoms with E-state index in [0.717, 1.165) is 29.9 Å². The van der Waals surface area contributed by atoms with Gasteiger partial charge >= 0.3 is 0 Å². The largest absolute Gasteiger partial charge is 0.496 e. The molecule has 1 saturated heterocycles. The first-order chi connectivity index (χ1) is 8.20. The van der Waals surface area contributed by atoms with Crippen LogP contribution in [0.1, 0.15) is 10.4 Å². The van der Waals surface area contributed by atoms with E-state index >= 15 is 0 Å². The molecule has 0 aliphatic carbocycles. The van der Waals surface area contributed by atoms with Gasteiger partial charge in [-0.3, -0.25) is 4.79 Å². The quantitative estimate of drug-likeness (QED) is 0.884. The van der Waals surface area contributed by atoms with Crippen molar-refractivity contribution in [2.24, 2.45) is 5.92 Å². The normalized spacial score (nSPS) is 15.2. The number of methoxy groups -OCH3 is 1. The number of hydrogen-bond donors (Lipinski definition) is 2. The highest BCUT2D eigenvalue weighted by molar-refractivity contribution is 9.10. The third kappa shape index (κ3) is 2.98. The van der Waals surface area contributed by atoms with E-state index in [9.17, 15) is 4.79 Å². The fraction of sp³-hybridized carbons (Fsp3) is 0.417. The second-order valence-electron chi connectivity index (χ2n) is 4.08. The Bertz CT molecular complexity index is 419. The van der Waals surface area contributed by atoms with Crippen molar-refractivity contribution in [3.63, 3.8) is 0 Å². The van der Waals surface area contributed by atoms with Crippen molar-refractivity contribution in [1.29, 1.82) is 0 Å². The Morgan fingerprint density at radius 2 is 2.35 bits per heavy atom. The van der Waals surface area contributed by atoms with Gasteiger partial charge in [0.25, 0.3) is 5.91 Å². The fourth-order valence-corrected chi connectivity index (χ4v) is 2.18. The van der Waals surface area contributed by atoms with Gasteiger partial charge in [-0.05, 0) is 34.1 Å². The Balaban J connectivity index is 1.95. The zero-order valence-corrected chi connectivity index (χ0v) is 11.2. The molecule has 1 aliphatic rings. The van der Waals surface area contributed by atoms with Crippen molar-refractivity contribution in [3.8, 4) is 5.75 Å². The average molecular weight is 299 g/mol. The first-order valence-electron chi connectivity index (χ1n) is 5.53. The van der Waals surface area contributed by atoms with Crippen molar-refractivity contribution >= 4 is 21.8 Å². The molecular weight excluding hydrogens is 284 g/mol. The Kier molecular flexibility index (Phi) is 4.02. The molecule has 2 N–H and O–H groups in total. The lowest BCUT2D eigenvalue weighted by molar-refractivity contribution is 0.0942. The van der Waals surface area contributed by atoms with E-state index in [2.05, 4.69) is 26.6 Å². The molecule has 0 atom stereocenters. The molecular formula is C12H15BrN2O2. The van der Waals surface area contributed by atoms with Crippen LogP contribution in [0.3, 0.4) is 0 Å². The van der Waals surface area contributed by atoms with Crippen LogP contribution in [0.15, 0.2) is 22.7 Å². The Hall–Kier alpha value is -1.07.